The van der Waals surface area contributed by atoms with Crippen molar-refractivity contribution in [3.8, 4) is 0 Å². The maximum Gasteiger partial charge on any atom is 0.228 e. The highest BCUT2D eigenvalue weighted by molar-refractivity contribution is 5.89. The molecular formula is C25H31N3O2. The summed E-state index contributed by atoms with van der Waals surface area (Å²) in [5.74, 6) is 0.00789. The number of amides is 2. The van der Waals surface area contributed by atoms with E-state index in [1.54, 1.807) is 0 Å². The van der Waals surface area contributed by atoms with Crippen molar-refractivity contribution in [3.05, 3.63) is 64.7 Å². The molecular weight excluding hydrogens is 374 g/mol. The Morgan fingerprint density at radius 3 is 2.37 bits per heavy atom. The van der Waals surface area contributed by atoms with E-state index in [0.29, 0.717) is 19.5 Å². The Kier molecular flexibility index (Phi) is 5.80. The molecule has 2 fully saturated rings. The van der Waals surface area contributed by atoms with Crippen LogP contribution < -0.4 is 4.90 Å². The van der Waals surface area contributed by atoms with Crippen molar-refractivity contribution in [2.45, 2.75) is 33.7 Å². The fraction of sp³-hybridized carbons (Fsp3) is 0.440. The molecule has 2 saturated heterocycles. The zero-order chi connectivity index (χ0) is 21.3. The average Bonchev–Trinajstić information content (AvgIpc) is 3.11. The summed E-state index contributed by atoms with van der Waals surface area (Å²) < 4.78 is 0. The molecule has 5 nitrogen and oxygen atoms in total. The van der Waals surface area contributed by atoms with E-state index in [4.69, 9.17) is 0 Å². The fourth-order valence-corrected chi connectivity index (χ4v) is 4.51. The van der Waals surface area contributed by atoms with Gasteiger partial charge in [0.2, 0.25) is 11.8 Å². The Morgan fingerprint density at radius 1 is 0.967 bits per heavy atom. The van der Waals surface area contributed by atoms with Crippen LogP contribution >= 0.6 is 0 Å². The van der Waals surface area contributed by atoms with E-state index in [-0.39, 0.29) is 17.7 Å². The summed E-state index contributed by atoms with van der Waals surface area (Å²) in [4.78, 5) is 31.7. The largest absolute Gasteiger partial charge is 0.368 e. The Labute approximate surface area is 179 Å². The highest BCUT2D eigenvalue weighted by atomic mass is 16.2. The van der Waals surface area contributed by atoms with Crippen LogP contribution in [-0.4, -0.2) is 54.3 Å². The number of anilines is 1. The maximum atomic E-state index is 13.1. The van der Waals surface area contributed by atoms with Crippen LogP contribution in [0.5, 0.6) is 0 Å². The Morgan fingerprint density at radius 2 is 1.67 bits per heavy atom. The second kappa shape index (κ2) is 8.50. The van der Waals surface area contributed by atoms with Crippen LogP contribution in [0.25, 0.3) is 0 Å². The summed E-state index contributed by atoms with van der Waals surface area (Å²) in [5, 5.41) is 0. The summed E-state index contributed by atoms with van der Waals surface area (Å²) in [6.07, 6.45) is 0.335. The van der Waals surface area contributed by atoms with Crippen LogP contribution in [-0.2, 0) is 16.1 Å². The number of likely N-dealkylation sites (tertiary alicyclic amines) is 1. The standard InChI is InChI=1S/C25H31N3O2/c1-18-7-9-21(10-8-18)16-28-17-22(15-24(28)29)25(30)27-13-11-26(12-14-27)23-6-4-5-19(2)20(23)3/h4-10,22H,11-17H2,1-3H3. The predicted octanol–water partition coefficient (Wildman–Crippen LogP) is 3.31. The summed E-state index contributed by atoms with van der Waals surface area (Å²) in [5.41, 5.74) is 6.20. The molecule has 2 aliphatic heterocycles. The van der Waals surface area contributed by atoms with Crippen LogP contribution in [0.1, 0.15) is 28.7 Å². The van der Waals surface area contributed by atoms with Crippen molar-refractivity contribution in [3.63, 3.8) is 0 Å². The molecule has 2 amide bonds. The molecule has 1 atom stereocenters. The van der Waals surface area contributed by atoms with Crippen molar-refractivity contribution in [2.75, 3.05) is 37.6 Å². The van der Waals surface area contributed by atoms with E-state index in [0.717, 1.165) is 31.7 Å². The number of hydrogen-bond acceptors (Lipinski definition) is 3. The quantitative estimate of drug-likeness (QED) is 0.784. The molecule has 2 aliphatic rings. The van der Waals surface area contributed by atoms with Gasteiger partial charge in [0.25, 0.3) is 0 Å². The van der Waals surface area contributed by atoms with E-state index in [1.165, 1.54) is 22.4 Å². The molecule has 30 heavy (non-hydrogen) atoms. The number of carbonyl (C=O) groups excluding carboxylic acids is 2. The van der Waals surface area contributed by atoms with Gasteiger partial charge in [-0.1, -0.05) is 42.0 Å². The molecule has 2 aromatic rings. The lowest BCUT2D eigenvalue weighted by Gasteiger charge is -2.38. The minimum atomic E-state index is -0.213. The van der Waals surface area contributed by atoms with Crippen LogP contribution in [0.4, 0.5) is 5.69 Å². The normalized spacial score (nSPS) is 19.5. The van der Waals surface area contributed by atoms with Gasteiger partial charge in [0, 0.05) is 51.4 Å². The van der Waals surface area contributed by atoms with Gasteiger partial charge in [0.1, 0.15) is 0 Å². The Balaban J connectivity index is 1.33. The molecule has 0 N–H and O–H groups in total. The van der Waals surface area contributed by atoms with Crippen LogP contribution in [0, 0.1) is 26.7 Å². The Bertz CT molecular complexity index is 930. The summed E-state index contributed by atoms with van der Waals surface area (Å²) in [6, 6.07) is 14.6. The number of aryl methyl sites for hydroxylation is 2. The van der Waals surface area contributed by atoms with Gasteiger partial charge >= 0.3 is 0 Å². The number of piperazine rings is 1. The number of rotatable bonds is 4. The highest BCUT2D eigenvalue weighted by Gasteiger charge is 2.37. The lowest BCUT2D eigenvalue weighted by Crippen LogP contribution is -2.50. The molecule has 5 heteroatoms. The van der Waals surface area contributed by atoms with Gasteiger partial charge < -0.3 is 14.7 Å². The van der Waals surface area contributed by atoms with Gasteiger partial charge in [-0.05, 0) is 43.5 Å². The van der Waals surface area contributed by atoms with Gasteiger partial charge in [-0.3, -0.25) is 9.59 Å². The van der Waals surface area contributed by atoms with Gasteiger partial charge in [-0.25, -0.2) is 0 Å². The van der Waals surface area contributed by atoms with Crippen LogP contribution in [0.2, 0.25) is 0 Å². The number of hydrogen-bond donors (Lipinski definition) is 0. The number of benzene rings is 2. The molecule has 0 aromatic heterocycles. The monoisotopic (exact) mass is 405 g/mol. The molecule has 1 unspecified atom stereocenters. The zero-order valence-electron chi connectivity index (χ0n) is 18.2. The lowest BCUT2D eigenvalue weighted by atomic mass is 10.1. The van der Waals surface area contributed by atoms with Gasteiger partial charge in [0.05, 0.1) is 5.92 Å². The number of nitrogens with zero attached hydrogens (tertiary/aromatic N) is 3. The van der Waals surface area contributed by atoms with Crippen molar-refractivity contribution in [2.24, 2.45) is 5.92 Å². The molecule has 0 bridgehead atoms. The first kappa shape index (κ1) is 20.5. The van der Waals surface area contributed by atoms with Gasteiger partial charge in [-0.2, -0.15) is 0 Å². The van der Waals surface area contributed by atoms with Crippen molar-refractivity contribution in [1.29, 1.82) is 0 Å². The first-order valence-corrected chi connectivity index (χ1v) is 10.9. The van der Waals surface area contributed by atoms with E-state index in [1.807, 2.05) is 9.80 Å². The second-order valence-electron chi connectivity index (χ2n) is 8.69. The first-order valence-electron chi connectivity index (χ1n) is 10.9. The second-order valence-corrected chi connectivity index (χ2v) is 8.69. The van der Waals surface area contributed by atoms with Gasteiger partial charge in [-0.15, -0.1) is 0 Å². The minimum absolute atomic E-state index is 0.0861. The number of carbonyl (C=O) groups is 2. The fourth-order valence-electron chi connectivity index (χ4n) is 4.51. The molecule has 0 aliphatic carbocycles. The molecule has 0 spiro atoms. The summed E-state index contributed by atoms with van der Waals surface area (Å²) in [6.45, 7) is 10.6. The average molecular weight is 406 g/mol. The van der Waals surface area contributed by atoms with Crippen molar-refractivity contribution < 1.29 is 9.59 Å². The minimum Gasteiger partial charge on any atom is -0.368 e. The van der Waals surface area contributed by atoms with E-state index < -0.39 is 0 Å². The predicted molar refractivity (Wildman–Crippen MR) is 119 cm³/mol. The first-order chi connectivity index (χ1) is 14.4. The topological polar surface area (TPSA) is 43.9 Å². The van der Waals surface area contributed by atoms with Crippen LogP contribution in [0.15, 0.2) is 42.5 Å². The summed E-state index contributed by atoms with van der Waals surface area (Å²) in [7, 11) is 0. The van der Waals surface area contributed by atoms with E-state index in [2.05, 4.69) is 68.1 Å². The van der Waals surface area contributed by atoms with Crippen molar-refractivity contribution in [1.82, 2.24) is 9.80 Å². The smallest absolute Gasteiger partial charge is 0.228 e. The molecule has 2 heterocycles. The molecule has 0 saturated carbocycles. The maximum absolute atomic E-state index is 13.1. The zero-order valence-corrected chi connectivity index (χ0v) is 18.2. The van der Waals surface area contributed by atoms with E-state index in [9.17, 15) is 9.59 Å². The Hall–Kier alpha value is -2.82. The molecule has 158 valence electrons. The molecule has 4 rings (SSSR count). The third-order valence-corrected chi connectivity index (χ3v) is 6.57. The van der Waals surface area contributed by atoms with Crippen LogP contribution in [0.3, 0.4) is 0 Å². The SMILES string of the molecule is Cc1ccc(CN2CC(C(=O)N3CCN(c4cccc(C)c4C)CC3)CC2=O)cc1. The lowest BCUT2D eigenvalue weighted by molar-refractivity contribution is -0.136. The molecule has 2 aromatic carbocycles. The summed E-state index contributed by atoms with van der Waals surface area (Å²) >= 11 is 0. The van der Waals surface area contributed by atoms with Gasteiger partial charge in [0.15, 0.2) is 0 Å². The third kappa shape index (κ3) is 4.20. The molecule has 0 radical (unpaired) electrons. The third-order valence-electron chi connectivity index (χ3n) is 6.57. The highest BCUT2D eigenvalue weighted by Crippen LogP contribution is 2.26. The van der Waals surface area contributed by atoms with E-state index >= 15 is 0 Å². The van der Waals surface area contributed by atoms with Crippen molar-refractivity contribution >= 4 is 17.5 Å².